The summed E-state index contributed by atoms with van der Waals surface area (Å²) in [5.41, 5.74) is 4.34. The fraction of sp³-hybridized carbons (Fsp3) is 1.00. The van der Waals surface area contributed by atoms with Gasteiger partial charge in [-0.2, -0.15) is 57.1 Å². The predicted molar refractivity (Wildman–Crippen MR) is 59.9 cm³/mol. The number of alkyl halides is 13. The highest BCUT2D eigenvalue weighted by Crippen LogP contribution is 2.60. The second-order valence-electron chi connectivity index (χ2n) is 4.04. The van der Waals surface area contributed by atoms with Gasteiger partial charge in [-0.15, -0.1) is 24.0 Å². The maximum absolute atomic E-state index is 12.8. The van der Waals surface area contributed by atoms with E-state index in [1.807, 2.05) is 0 Å². The first-order chi connectivity index (χ1) is 9.31. The van der Waals surface area contributed by atoms with Crippen LogP contribution in [-0.2, 0) is 0 Å². The van der Waals surface area contributed by atoms with E-state index in [0.717, 1.165) is 0 Å². The minimum absolute atomic E-state index is 0. The third-order valence-electron chi connectivity index (χ3n) is 2.46. The molecular weight excluding hydrogens is 484 g/mol. The molecule has 15 heteroatoms. The summed E-state index contributed by atoms with van der Waals surface area (Å²) in [6.45, 7) is -1.46. The molecule has 0 spiro atoms. The average molecular weight is 491 g/mol. The number of nitrogens with two attached hydrogens (primary N) is 1. The molecule has 0 rings (SSSR count). The largest absolute Gasteiger partial charge is 0.460 e. The Morgan fingerprint density at radius 3 is 1.09 bits per heavy atom. The molecule has 0 unspecified atom stereocenters. The molecule has 23 heavy (non-hydrogen) atoms. The molecule has 0 aliphatic rings. The minimum Gasteiger partial charge on any atom is -0.330 e. The minimum atomic E-state index is -7.85. The molecule has 0 saturated heterocycles. The zero-order valence-electron chi connectivity index (χ0n) is 10.3. The standard InChI is InChI=1S/C8H6F13N.HI/c9-3(10,1-2-22)4(11,12)5(13,14)6(15,16)7(17,18)8(19,20)21;/h1-2,22H2;1H. The van der Waals surface area contributed by atoms with Crippen LogP contribution in [0, 0.1) is 0 Å². The summed E-state index contributed by atoms with van der Waals surface area (Å²) in [6, 6.07) is 0. The Bertz CT molecular complexity index is 401. The third-order valence-corrected chi connectivity index (χ3v) is 2.46. The lowest BCUT2D eigenvalue weighted by Gasteiger charge is -2.39. The van der Waals surface area contributed by atoms with E-state index in [4.69, 9.17) is 0 Å². The molecule has 0 heterocycles. The molecule has 0 aromatic carbocycles. The first-order valence-corrected chi connectivity index (χ1v) is 4.97. The average Bonchev–Trinajstić information content (AvgIpc) is 2.26. The number of hydrogen-bond acceptors (Lipinski definition) is 1. The van der Waals surface area contributed by atoms with Crippen molar-refractivity contribution in [1.29, 1.82) is 0 Å². The summed E-state index contributed by atoms with van der Waals surface area (Å²) in [5, 5.41) is 0. The molecule has 0 bridgehead atoms. The van der Waals surface area contributed by atoms with Crippen molar-refractivity contribution in [3.05, 3.63) is 0 Å². The van der Waals surface area contributed by atoms with Gasteiger partial charge in [0.25, 0.3) is 0 Å². The molecule has 0 fully saturated rings. The van der Waals surface area contributed by atoms with Crippen molar-refractivity contribution < 1.29 is 57.1 Å². The van der Waals surface area contributed by atoms with Crippen LogP contribution in [-0.4, -0.2) is 42.3 Å². The topological polar surface area (TPSA) is 26.0 Å². The van der Waals surface area contributed by atoms with Gasteiger partial charge >= 0.3 is 35.8 Å². The van der Waals surface area contributed by atoms with Gasteiger partial charge in [0.2, 0.25) is 0 Å². The molecule has 0 radical (unpaired) electrons. The Labute approximate surface area is 136 Å². The van der Waals surface area contributed by atoms with E-state index in [-0.39, 0.29) is 24.0 Å². The monoisotopic (exact) mass is 491 g/mol. The maximum atomic E-state index is 12.8. The smallest absolute Gasteiger partial charge is 0.330 e. The second kappa shape index (κ2) is 6.59. The maximum Gasteiger partial charge on any atom is 0.460 e. The molecule has 0 amide bonds. The molecule has 2 N–H and O–H groups in total. The molecule has 0 saturated carbocycles. The molecule has 0 aromatic heterocycles. The van der Waals surface area contributed by atoms with Crippen LogP contribution in [0.3, 0.4) is 0 Å². The summed E-state index contributed by atoms with van der Waals surface area (Å²) < 4.78 is 162. The first kappa shape index (κ1) is 25.0. The van der Waals surface area contributed by atoms with Crippen LogP contribution >= 0.6 is 24.0 Å². The lowest BCUT2D eigenvalue weighted by Crippen LogP contribution is -2.70. The van der Waals surface area contributed by atoms with E-state index in [9.17, 15) is 57.1 Å². The molecular formula is C8H7F13IN. The fourth-order valence-corrected chi connectivity index (χ4v) is 1.14. The Morgan fingerprint density at radius 2 is 0.826 bits per heavy atom. The highest BCUT2D eigenvalue weighted by Gasteiger charge is 2.90. The van der Waals surface area contributed by atoms with Crippen molar-refractivity contribution in [2.45, 2.75) is 42.2 Å². The van der Waals surface area contributed by atoms with Gasteiger partial charge in [-0.25, -0.2) is 0 Å². The second-order valence-corrected chi connectivity index (χ2v) is 4.04. The summed E-state index contributed by atoms with van der Waals surface area (Å²) in [5.74, 6) is -36.5. The van der Waals surface area contributed by atoms with E-state index < -0.39 is 48.8 Å². The van der Waals surface area contributed by atoms with Crippen molar-refractivity contribution in [2.75, 3.05) is 6.54 Å². The van der Waals surface area contributed by atoms with Gasteiger partial charge in [-0.1, -0.05) is 0 Å². The summed E-state index contributed by atoms with van der Waals surface area (Å²) >= 11 is 0. The third kappa shape index (κ3) is 3.58. The zero-order valence-corrected chi connectivity index (χ0v) is 12.6. The van der Waals surface area contributed by atoms with Crippen LogP contribution in [0.15, 0.2) is 0 Å². The Hall–Kier alpha value is -0.220. The highest BCUT2D eigenvalue weighted by atomic mass is 127. The molecule has 0 aliphatic heterocycles. The van der Waals surface area contributed by atoms with Gasteiger partial charge in [-0.3, -0.25) is 0 Å². The van der Waals surface area contributed by atoms with E-state index >= 15 is 0 Å². The SMILES string of the molecule is I.NCCC(F)(F)C(F)(F)C(F)(F)C(F)(F)C(F)(F)C(F)(F)F. The molecule has 142 valence electrons. The van der Waals surface area contributed by atoms with E-state index in [1.54, 1.807) is 0 Å². The first-order valence-electron chi connectivity index (χ1n) is 4.97. The van der Waals surface area contributed by atoms with Gasteiger partial charge in [0.05, 0.1) is 0 Å². The van der Waals surface area contributed by atoms with E-state index in [2.05, 4.69) is 5.73 Å². The molecule has 0 atom stereocenters. The van der Waals surface area contributed by atoms with Crippen LogP contribution in [0.2, 0.25) is 0 Å². The number of rotatable bonds is 6. The Morgan fingerprint density at radius 1 is 0.522 bits per heavy atom. The van der Waals surface area contributed by atoms with Gasteiger partial charge < -0.3 is 5.73 Å². The van der Waals surface area contributed by atoms with Gasteiger partial charge in [0, 0.05) is 6.42 Å². The van der Waals surface area contributed by atoms with Crippen molar-refractivity contribution in [2.24, 2.45) is 5.73 Å². The van der Waals surface area contributed by atoms with Crippen LogP contribution in [0.4, 0.5) is 57.1 Å². The lowest BCUT2D eigenvalue weighted by atomic mass is 9.92. The van der Waals surface area contributed by atoms with Crippen LogP contribution in [0.25, 0.3) is 0 Å². The van der Waals surface area contributed by atoms with Gasteiger partial charge in [-0.05, 0) is 6.54 Å². The van der Waals surface area contributed by atoms with Crippen molar-refractivity contribution >= 4 is 24.0 Å². The van der Waals surface area contributed by atoms with E-state index in [1.165, 1.54) is 0 Å². The summed E-state index contributed by atoms with van der Waals surface area (Å²) in [7, 11) is 0. The Balaban J connectivity index is 0. The lowest BCUT2D eigenvalue weighted by molar-refractivity contribution is -0.440. The quantitative estimate of drug-likeness (QED) is 0.424. The van der Waals surface area contributed by atoms with Crippen LogP contribution in [0.1, 0.15) is 6.42 Å². The number of hydrogen-bond donors (Lipinski definition) is 1. The fourth-order valence-electron chi connectivity index (χ4n) is 1.14. The Kier molecular flexibility index (Phi) is 7.17. The number of halogens is 14. The zero-order chi connectivity index (χ0) is 18.4. The van der Waals surface area contributed by atoms with Gasteiger partial charge in [0.15, 0.2) is 0 Å². The van der Waals surface area contributed by atoms with Crippen molar-refractivity contribution in [3.63, 3.8) is 0 Å². The summed E-state index contributed by atoms with van der Waals surface area (Å²) in [6.07, 6.45) is -9.75. The predicted octanol–water partition coefficient (Wildman–Crippen LogP) is 4.69. The van der Waals surface area contributed by atoms with Crippen LogP contribution < -0.4 is 5.73 Å². The van der Waals surface area contributed by atoms with Crippen molar-refractivity contribution in [3.8, 4) is 0 Å². The molecule has 1 nitrogen and oxygen atoms in total. The van der Waals surface area contributed by atoms with E-state index in [0.29, 0.717) is 0 Å². The van der Waals surface area contributed by atoms with Gasteiger partial charge in [0.1, 0.15) is 0 Å². The summed E-state index contributed by atoms with van der Waals surface area (Å²) in [4.78, 5) is 0. The van der Waals surface area contributed by atoms with Crippen LogP contribution in [0.5, 0.6) is 0 Å². The molecule has 0 aliphatic carbocycles. The normalized spacial score (nSPS) is 15.4. The molecule has 0 aromatic rings. The highest BCUT2D eigenvalue weighted by molar-refractivity contribution is 14.0. The van der Waals surface area contributed by atoms with Crippen molar-refractivity contribution in [1.82, 2.24) is 0 Å².